The van der Waals surface area contributed by atoms with Gasteiger partial charge in [0.2, 0.25) is 0 Å². The fraction of sp³-hybridized carbons (Fsp3) is 0.370. The molecule has 0 radical (unpaired) electrons. The predicted molar refractivity (Wildman–Crippen MR) is 133 cm³/mol. The lowest BCUT2D eigenvalue weighted by Crippen LogP contribution is -2.56. The van der Waals surface area contributed by atoms with E-state index in [2.05, 4.69) is 10.6 Å². The summed E-state index contributed by atoms with van der Waals surface area (Å²) in [6.45, 7) is 0. The lowest BCUT2D eigenvalue weighted by Gasteiger charge is -2.59. The largest absolute Gasteiger partial charge is 0.481 e. The molecule has 4 aliphatic carbocycles. The summed E-state index contributed by atoms with van der Waals surface area (Å²) in [6.07, 6.45) is 7.34. The summed E-state index contributed by atoms with van der Waals surface area (Å²) in [5, 5.41) is 16.1. The average molecular weight is 510 g/mol. The molecule has 7 rings (SSSR count). The molecule has 0 spiro atoms. The maximum atomic E-state index is 13.3. The number of amides is 2. The lowest BCUT2D eigenvalue weighted by molar-refractivity contribution is -0.167. The molecule has 2 atom stereocenters. The van der Waals surface area contributed by atoms with E-state index in [9.17, 15) is 23.5 Å². The molecule has 2 amide bonds. The summed E-state index contributed by atoms with van der Waals surface area (Å²) in [5.41, 5.74) is 0.771. The van der Waals surface area contributed by atoms with E-state index < -0.39 is 29.0 Å². The number of rotatable bonds is 5. The smallest absolute Gasteiger partial charge is 0.323 e. The zero-order valence-corrected chi connectivity index (χ0v) is 20.2. The van der Waals surface area contributed by atoms with Crippen LogP contribution < -0.4 is 10.6 Å². The zero-order valence-electron chi connectivity index (χ0n) is 19.4. The summed E-state index contributed by atoms with van der Waals surface area (Å²) < 4.78 is 26.7. The third-order valence-electron chi connectivity index (χ3n) is 8.02. The number of anilines is 2. The molecule has 4 aliphatic rings. The van der Waals surface area contributed by atoms with Gasteiger partial charge in [0.15, 0.2) is 0 Å². The van der Waals surface area contributed by atoms with Crippen molar-refractivity contribution < 1.29 is 23.5 Å². The van der Waals surface area contributed by atoms with E-state index >= 15 is 0 Å². The summed E-state index contributed by atoms with van der Waals surface area (Å²) >= 11 is 1.63. The van der Waals surface area contributed by atoms with Gasteiger partial charge in [0.1, 0.15) is 11.6 Å². The first-order chi connectivity index (χ1) is 17.2. The molecule has 1 aromatic heterocycles. The van der Waals surface area contributed by atoms with Crippen LogP contribution in [0.3, 0.4) is 0 Å². The number of nitrogens with one attached hydrogen (secondary N) is 2. The van der Waals surface area contributed by atoms with Gasteiger partial charge in [0.05, 0.1) is 15.3 Å². The van der Waals surface area contributed by atoms with Crippen molar-refractivity contribution in [3.8, 4) is 10.4 Å². The Kier molecular flexibility index (Phi) is 5.37. The van der Waals surface area contributed by atoms with Gasteiger partial charge in [0, 0.05) is 29.1 Å². The van der Waals surface area contributed by atoms with Gasteiger partial charge in [-0.3, -0.25) is 4.79 Å². The minimum Gasteiger partial charge on any atom is -0.481 e. The first-order valence-corrected chi connectivity index (χ1v) is 12.9. The van der Waals surface area contributed by atoms with E-state index in [1.807, 2.05) is 18.3 Å². The second-order valence-electron chi connectivity index (χ2n) is 10.7. The van der Waals surface area contributed by atoms with Crippen LogP contribution >= 0.6 is 11.3 Å². The van der Waals surface area contributed by atoms with Crippen LogP contribution in [-0.2, 0) is 10.2 Å². The van der Waals surface area contributed by atoms with Gasteiger partial charge in [0.25, 0.3) is 0 Å². The molecule has 3 aromatic rings. The second-order valence-corrected chi connectivity index (χ2v) is 11.7. The Bertz CT molecular complexity index is 1320. The van der Waals surface area contributed by atoms with E-state index in [0.29, 0.717) is 23.9 Å². The first kappa shape index (κ1) is 23.1. The fourth-order valence-corrected chi connectivity index (χ4v) is 8.18. The summed E-state index contributed by atoms with van der Waals surface area (Å²) in [5.74, 6) is -1.26. The third kappa shape index (κ3) is 4.05. The molecule has 1 heterocycles. The minimum atomic E-state index is -0.773. The van der Waals surface area contributed by atoms with Crippen LogP contribution in [0.25, 0.3) is 10.4 Å². The maximum Gasteiger partial charge on any atom is 0.323 e. The number of carbonyl (C=O) groups is 2. The average Bonchev–Trinajstić information content (AvgIpc) is 3.29. The second kappa shape index (κ2) is 8.37. The van der Waals surface area contributed by atoms with Gasteiger partial charge in [-0.15, -0.1) is 11.3 Å². The normalized spacial score (nSPS) is 28.2. The quantitative estimate of drug-likeness (QED) is 0.359. The molecule has 3 N–H and O–H groups in total. The van der Waals surface area contributed by atoms with Gasteiger partial charge < -0.3 is 15.7 Å². The van der Waals surface area contributed by atoms with Crippen LogP contribution in [0.15, 0.2) is 48.7 Å². The molecule has 4 saturated carbocycles. The number of aliphatic carboxylic acids is 1. The Hall–Kier alpha value is -3.33. The molecule has 0 saturated heterocycles. The zero-order chi connectivity index (χ0) is 25.1. The maximum absolute atomic E-state index is 13.3. The number of thiazole rings is 1. The molecule has 6 nitrogen and oxygen atoms in total. The van der Waals surface area contributed by atoms with Crippen LogP contribution in [0.4, 0.5) is 25.0 Å². The topological polar surface area (TPSA) is 91.3 Å². The van der Waals surface area contributed by atoms with E-state index in [1.165, 1.54) is 0 Å². The molecule has 4 fully saturated rings. The van der Waals surface area contributed by atoms with Gasteiger partial charge in [-0.1, -0.05) is 12.1 Å². The van der Waals surface area contributed by atoms with Crippen LogP contribution in [-0.4, -0.2) is 22.1 Å². The van der Waals surface area contributed by atoms with E-state index in [0.717, 1.165) is 65.8 Å². The van der Waals surface area contributed by atoms with Crippen LogP contribution in [0.2, 0.25) is 0 Å². The molecule has 4 bridgehead atoms. The van der Waals surface area contributed by atoms with E-state index in [4.69, 9.17) is 4.98 Å². The van der Waals surface area contributed by atoms with Gasteiger partial charge in [-0.2, -0.15) is 0 Å². The molecule has 0 aliphatic heterocycles. The van der Waals surface area contributed by atoms with E-state index in [-0.39, 0.29) is 11.1 Å². The van der Waals surface area contributed by atoms with Crippen LogP contribution in [0.1, 0.15) is 43.5 Å². The van der Waals surface area contributed by atoms with E-state index in [1.54, 1.807) is 23.5 Å². The Morgan fingerprint density at radius 1 is 0.944 bits per heavy atom. The SMILES string of the molecule is O=C(Nc1ccc(-c2cnc(C34CC5CC(CC(C(=O)O)(C5)C3)C4)s2)cc1)Nc1cc(F)cc(F)c1. The summed E-state index contributed by atoms with van der Waals surface area (Å²) in [7, 11) is 0. The highest BCUT2D eigenvalue weighted by Gasteiger charge is 2.62. The molecule has 36 heavy (non-hydrogen) atoms. The number of hydrogen-bond donors (Lipinski definition) is 3. The van der Waals surface area contributed by atoms with Crippen molar-refractivity contribution in [3.63, 3.8) is 0 Å². The van der Waals surface area contributed by atoms with Crippen LogP contribution in [0, 0.1) is 28.9 Å². The van der Waals surface area contributed by atoms with Crippen molar-refractivity contribution in [1.29, 1.82) is 0 Å². The van der Waals surface area contributed by atoms with Gasteiger partial charge in [-0.25, -0.2) is 18.6 Å². The van der Waals surface area contributed by atoms with Crippen molar-refractivity contribution in [3.05, 3.63) is 65.3 Å². The lowest BCUT2D eigenvalue weighted by atomic mass is 9.44. The van der Waals surface area contributed by atoms with Crippen LogP contribution in [0.5, 0.6) is 0 Å². The molecule has 2 aromatic carbocycles. The molecular weight excluding hydrogens is 484 g/mol. The number of urea groups is 1. The molecule has 9 heteroatoms. The molecular formula is C27H25F2N3O3S. The number of halogens is 2. The highest BCUT2D eigenvalue weighted by Crippen LogP contribution is 2.66. The number of nitrogens with zero attached hydrogens (tertiary/aromatic N) is 1. The Labute approximate surface area is 210 Å². The van der Waals surface area contributed by atoms with Crippen molar-refractivity contribution in [2.24, 2.45) is 17.3 Å². The first-order valence-electron chi connectivity index (χ1n) is 12.1. The Morgan fingerprint density at radius 2 is 1.58 bits per heavy atom. The minimum absolute atomic E-state index is 0.0214. The predicted octanol–water partition coefficient (Wildman–Crippen LogP) is 6.65. The third-order valence-corrected chi connectivity index (χ3v) is 9.31. The number of benzene rings is 2. The van der Waals surface area contributed by atoms with Gasteiger partial charge >= 0.3 is 12.0 Å². The van der Waals surface area contributed by atoms with Crippen molar-refractivity contribution >= 4 is 34.7 Å². The Morgan fingerprint density at radius 3 is 2.22 bits per heavy atom. The number of carboxylic acid groups (broad SMARTS) is 1. The summed E-state index contributed by atoms with van der Waals surface area (Å²) in [4.78, 5) is 30.2. The Balaban J connectivity index is 1.16. The number of carbonyl (C=O) groups excluding carboxylic acids is 1. The fourth-order valence-electron chi connectivity index (χ4n) is 7.05. The van der Waals surface area contributed by atoms with Gasteiger partial charge in [-0.05, 0) is 80.2 Å². The molecule has 186 valence electrons. The monoisotopic (exact) mass is 509 g/mol. The highest BCUT2D eigenvalue weighted by molar-refractivity contribution is 7.15. The number of hydrogen-bond acceptors (Lipinski definition) is 4. The van der Waals surface area contributed by atoms with Crippen molar-refractivity contribution in [2.45, 2.75) is 43.9 Å². The number of aromatic nitrogens is 1. The highest BCUT2D eigenvalue weighted by atomic mass is 32.1. The van der Waals surface area contributed by atoms with Crippen molar-refractivity contribution in [2.75, 3.05) is 10.6 Å². The standard InChI is InChI=1S/C27H25F2N3O3S/c28-18-6-19(29)8-21(7-18)32-25(35)31-20-3-1-17(2-4-20)22-13-30-23(36-22)26-9-15-5-16(10-26)12-27(11-15,14-26)24(33)34/h1-4,6-8,13,15-16H,5,9-12,14H2,(H,33,34)(H2,31,32,35). The number of carboxylic acids is 1. The van der Waals surface area contributed by atoms with Crippen molar-refractivity contribution in [1.82, 2.24) is 4.98 Å². The molecule has 2 unspecified atom stereocenters. The summed E-state index contributed by atoms with van der Waals surface area (Å²) in [6, 6.07) is 9.47.